The lowest BCUT2D eigenvalue weighted by Gasteiger charge is -2.08. The third-order valence-electron chi connectivity index (χ3n) is 3.67. The monoisotopic (exact) mass is 299 g/mol. The van der Waals surface area contributed by atoms with Crippen LogP contribution in [0.15, 0.2) is 42.9 Å². The van der Waals surface area contributed by atoms with E-state index < -0.39 is 11.9 Å². The summed E-state index contributed by atoms with van der Waals surface area (Å²) >= 11 is 0. The molecule has 0 saturated carbocycles. The van der Waals surface area contributed by atoms with Crippen molar-refractivity contribution in [2.45, 2.75) is 12.8 Å². The summed E-state index contributed by atoms with van der Waals surface area (Å²) in [5.74, 6) is -1.58. The Morgan fingerprint density at radius 1 is 1.27 bits per heavy atom. The van der Waals surface area contributed by atoms with Crippen molar-refractivity contribution >= 4 is 16.9 Å². The quantitative estimate of drug-likeness (QED) is 0.745. The summed E-state index contributed by atoms with van der Waals surface area (Å²) in [5, 5.41) is 5.01. The lowest BCUT2D eigenvalue weighted by atomic mass is 9.98. The number of aromatic nitrogens is 3. The predicted molar refractivity (Wildman–Crippen MR) is 79.6 cm³/mol. The summed E-state index contributed by atoms with van der Waals surface area (Å²) in [6.45, 7) is 1.60. The van der Waals surface area contributed by atoms with Gasteiger partial charge in [0.25, 0.3) is 0 Å². The van der Waals surface area contributed by atoms with Gasteiger partial charge in [-0.05, 0) is 30.7 Å². The zero-order valence-electron chi connectivity index (χ0n) is 12.2. The van der Waals surface area contributed by atoms with Crippen molar-refractivity contribution in [3.05, 3.63) is 48.4 Å². The van der Waals surface area contributed by atoms with Crippen LogP contribution >= 0.6 is 0 Å². The number of pyridine rings is 1. The molecule has 0 aliphatic heterocycles. The number of benzene rings is 1. The molecule has 1 atom stereocenters. The molecule has 5 nitrogen and oxygen atoms in total. The van der Waals surface area contributed by atoms with Crippen LogP contribution in [0.2, 0.25) is 0 Å². The first-order valence-electron chi connectivity index (χ1n) is 6.79. The zero-order valence-corrected chi connectivity index (χ0v) is 12.2. The van der Waals surface area contributed by atoms with E-state index in [0.29, 0.717) is 5.56 Å². The lowest BCUT2D eigenvalue weighted by molar-refractivity contribution is -0.185. The fourth-order valence-corrected chi connectivity index (χ4v) is 2.35. The Balaban J connectivity index is 2.04. The highest BCUT2D eigenvalue weighted by molar-refractivity contribution is 5.86. The average molecular weight is 299 g/mol. The molecule has 0 bridgehead atoms. The minimum Gasteiger partial charge on any atom is -0.275 e. The highest BCUT2D eigenvalue weighted by atomic mass is 19.3. The van der Waals surface area contributed by atoms with Crippen LogP contribution in [0, 0.1) is 0 Å². The third kappa shape index (κ3) is 2.55. The lowest BCUT2D eigenvalue weighted by Crippen LogP contribution is -2.08. The molecule has 0 saturated heterocycles. The molecule has 6 heteroatoms. The van der Waals surface area contributed by atoms with Crippen LogP contribution < -0.4 is 0 Å². The van der Waals surface area contributed by atoms with Crippen molar-refractivity contribution in [1.29, 1.82) is 0 Å². The van der Waals surface area contributed by atoms with Gasteiger partial charge < -0.3 is 0 Å². The Hall–Kier alpha value is -2.76. The van der Waals surface area contributed by atoms with Crippen molar-refractivity contribution < 1.29 is 14.3 Å². The van der Waals surface area contributed by atoms with Crippen LogP contribution in [-0.4, -0.2) is 20.7 Å². The van der Waals surface area contributed by atoms with E-state index in [1.54, 1.807) is 36.1 Å². The van der Waals surface area contributed by atoms with E-state index >= 15 is 0 Å². The maximum Gasteiger partial charge on any atom is 0.355 e. The Morgan fingerprint density at radius 3 is 2.77 bits per heavy atom. The fraction of sp³-hybridized carbons (Fsp3) is 0.188. The molecule has 22 heavy (non-hydrogen) atoms. The molecule has 3 aromatic rings. The van der Waals surface area contributed by atoms with Crippen LogP contribution in [-0.2, 0) is 16.8 Å². The maximum absolute atomic E-state index is 12.1. The molecular formula is C16H14FN3O2. The van der Waals surface area contributed by atoms with Gasteiger partial charge in [0.2, 0.25) is 0 Å². The van der Waals surface area contributed by atoms with Gasteiger partial charge in [-0.15, -0.1) is 0 Å². The van der Waals surface area contributed by atoms with Gasteiger partial charge in [0, 0.05) is 40.5 Å². The number of nitrogens with zero attached hydrogens (tertiary/aromatic N) is 3. The Morgan fingerprint density at radius 2 is 2.09 bits per heavy atom. The van der Waals surface area contributed by atoms with Gasteiger partial charge in [-0.2, -0.15) is 5.10 Å². The van der Waals surface area contributed by atoms with E-state index in [9.17, 15) is 9.32 Å². The molecule has 0 aliphatic carbocycles. The van der Waals surface area contributed by atoms with Crippen molar-refractivity contribution in [2.75, 3.05) is 0 Å². The van der Waals surface area contributed by atoms with Gasteiger partial charge >= 0.3 is 5.97 Å². The zero-order chi connectivity index (χ0) is 15.7. The minimum atomic E-state index is -0.907. The second-order valence-electron chi connectivity index (χ2n) is 5.20. The standard InChI is InChI=1S/C16H14FN3O2/c1-10(16(21)22-17)11-3-4-15-12(5-11)6-13(7-18-15)14-8-19-20(2)9-14/h3-10H,1-2H3. The van der Waals surface area contributed by atoms with Crippen LogP contribution in [0.3, 0.4) is 0 Å². The average Bonchev–Trinajstić information content (AvgIpc) is 2.98. The molecule has 0 spiro atoms. The van der Waals surface area contributed by atoms with Crippen molar-refractivity contribution in [2.24, 2.45) is 7.05 Å². The van der Waals surface area contributed by atoms with E-state index in [1.807, 2.05) is 25.4 Å². The normalized spacial score (nSPS) is 12.3. The summed E-state index contributed by atoms with van der Waals surface area (Å²) in [6.07, 6.45) is 5.43. The Kier molecular flexibility index (Phi) is 3.58. The third-order valence-corrected chi connectivity index (χ3v) is 3.67. The molecule has 1 aromatic carbocycles. The van der Waals surface area contributed by atoms with E-state index in [2.05, 4.69) is 15.0 Å². The summed E-state index contributed by atoms with van der Waals surface area (Å²) in [5.41, 5.74) is 3.37. The first kappa shape index (κ1) is 14.2. The summed E-state index contributed by atoms with van der Waals surface area (Å²) in [4.78, 5) is 19.0. The van der Waals surface area contributed by atoms with Gasteiger partial charge in [0.15, 0.2) is 0 Å². The SMILES string of the molecule is CC(C(=O)OF)c1ccc2ncc(-c3cnn(C)c3)cc2c1. The van der Waals surface area contributed by atoms with E-state index in [1.165, 1.54) is 0 Å². The highest BCUT2D eigenvalue weighted by Gasteiger charge is 2.18. The molecule has 2 aromatic heterocycles. The van der Waals surface area contributed by atoms with E-state index in [4.69, 9.17) is 0 Å². The van der Waals surface area contributed by atoms with E-state index in [-0.39, 0.29) is 0 Å². The molecule has 0 amide bonds. The number of hydrogen-bond acceptors (Lipinski definition) is 4. The maximum atomic E-state index is 12.1. The van der Waals surface area contributed by atoms with Crippen LogP contribution in [0.4, 0.5) is 4.53 Å². The van der Waals surface area contributed by atoms with Gasteiger partial charge in [0.05, 0.1) is 17.6 Å². The molecular weight excluding hydrogens is 285 g/mol. The molecule has 3 rings (SSSR count). The molecule has 1 unspecified atom stereocenters. The fourth-order valence-electron chi connectivity index (χ4n) is 2.35. The number of fused-ring (bicyclic) bond motifs is 1. The second-order valence-corrected chi connectivity index (χ2v) is 5.20. The summed E-state index contributed by atoms with van der Waals surface area (Å²) < 4.78 is 13.8. The number of aryl methyl sites for hydroxylation is 1. The van der Waals surface area contributed by atoms with Gasteiger partial charge in [-0.3, -0.25) is 14.6 Å². The Labute approximate surface area is 126 Å². The molecule has 0 fully saturated rings. The molecule has 112 valence electrons. The minimum absolute atomic E-state index is 0.670. The van der Waals surface area contributed by atoms with Gasteiger partial charge in [0.1, 0.15) is 0 Å². The van der Waals surface area contributed by atoms with Gasteiger partial charge in [-0.25, -0.2) is 4.79 Å². The number of halogens is 1. The number of rotatable bonds is 3. The summed E-state index contributed by atoms with van der Waals surface area (Å²) in [6, 6.07) is 7.35. The summed E-state index contributed by atoms with van der Waals surface area (Å²) in [7, 11) is 1.85. The number of hydrogen-bond donors (Lipinski definition) is 0. The number of carbonyl (C=O) groups is 1. The Bertz CT molecular complexity index is 844. The van der Waals surface area contributed by atoms with Crippen LogP contribution in [0.25, 0.3) is 22.0 Å². The molecule has 2 heterocycles. The molecule has 0 radical (unpaired) electrons. The van der Waals surface area contributed by atoms with Crippen molar-refractivity contribution in [3.63, 3.8) is 0 Å². The van der Waals surface area contributed by atoms with Crippen LogP contribution in [0.5, 0.6) is 0 Å². The predicted octanol–water partition coefficient (Wildman–Crippen LogP) is 3.17. The number of carbonyl (C=O) groups excluding carboxylic acids is 1. The van der Waals surface area contributed by atoms with Gasteiger partial charge in [-0.1, -0.05) is 6.07 Å². The topological polar surface area (TPSA) is 57.0 Å². The smallest absolute Gasteiger partial charge is 0.275 e. The molecule has 0 aliphatic rings. The highest BCUT2D eigenvalue weighted by Crippen LogP contribution is 2.26. The van der Waals surface area contributed by atoms with Crippen molar-refractivity contribution in [1.82, 2.24) is 14.8 Å². The second kappa shape index (κ2) is 5.55. The van der Waals surface area contributed by atoms with Crippen molar-refractivity contribution in [3.8, 4) is 11.1 Å². The van der Waals surface area contributed by atoms with E-state index in [0.717, 1.165) is 22.0 Å². The largest absolute Gasteiger partial charge is 0.355 e. The first-order valence-corrected chi connectivity index (χ1v) is 6.79. The molecule has 0 N–H and O–H groups in total. The first-order chi connectivity index (χ1) is 10.6. The van der Waals surface area contributed by atoms with Crippen LogP contribution in [0.1, 0.15) is 18.4 Å².